The van der Waals surface area contributed by atoms with Gasteiger partial charge in [-0.1, -0.05) is 34.1 Å². The zero-order chi connectivity index (χ0) is 21.3. The van der Waals surface area contributed by atoms with Gasteiger partial charge in [0.05, 0.1) is 6.04 Å². The Kier molecular flexibility index (Phi) is 11.0. The van der Waals surface area contributed by atoms with Gasteiger partial charge in [0.25, 0.3) is 0 Å². The molecule has 0 aromatic heterocycles. The fraction of sp³-hybridized carbons (Fsp3) is 0.765. The van der Waals surface area contributed by atoms with Crippen LogP contribution in [0.5, 0.6) is 0 Å². The first kappa shape index (κ1) is 25.2. The van der Waals surface area contributed by atoms with Crippen molar-refractivity contribution in [3.05, 3.63) is 0 Å². The molecule has 0 saturated carbocycles. The molecule has 3 amide bonds. The first-order valence-corrected chi connectivity index (χ1v) is 9.59. The van der Waals surface area contributed by atoms with Crippen LogP contribution in [-0.4, -0.2) is 58.7 Å². The Labute approximate surface area is 165 Å². The smallest absolute Gasteiger partial charge is 0.327 e. The number of amides is 3. The minimum absolute atomic E-state index is 0.0830. The summed E-state index contributed by atoms with van der Waals surface area (Å²) in [6, 6.07) is -3.75. The molecule has 0 aliphatic carbocycles. The second-order valence-corrected chi connectivity index (χ2v) is 7.32. The number of rotatable bonds is 11. The van der Waals surface area contributed by atoms with E-state index in [4.69, 9.17) is 10.8 Å². The molecule has 0 bridgehead atoms. The second kappa shape index (κ2) is 11.8. The maximum Gasteiger partial charge on any atom is 0.327 e. The van der Waals surface area contributed by atoms with Crippen LogP contribution >= 0.6 is 12.6 Å². The zero-order valence-corrected chi connectivity index (χ0v) is 17.4. The van der Waals surface area contributed by atoms with Gasteiger partial charge in [0.2, 0.25) is 17.7 Å². The summed E-state index contributed by atoms with van der Waals surface area (Å²) in [5.41, 5.74) is 5.83. The number of hydrogen-bond acceptors (Lipinski definition) is 6. The van der Waals surface area contributed by atoms with Crippen molar-refractivity contribution in [3.63, 3.8) is 0 Å². The minimum atomic E-state index is -1.22. The first-order valence-electron chi connectivity index (χ1n) is 8.96. The molecular formula is C17H32N4O5S. The number of nitrogens with two attached hydrogens (primary N) is 1. The van der Waals surface area contributed by atoms with Gasteiger partial charge in [-0.15, -0.1) is 0 Å². The molecule has 0 saturated heterocycles. The molecule has 27 heavy (non-hydrogen) atoms. The predicted molar refractivity (Wildman–Crippen MR) is 105 cm³/mol. The molecule has 0 heterocycles. The average molecular weight is 405 g/mol. The summed E-state index contributed by atoms with van der Waals surface area (Å²) in [6.45, 7) is 8.71. The Morgan fingerprint density at radius 3 is 1.93 bits per heavy atom. The van der Waals surface area contributed by atoms with Crippen molar-refractivity contribution in [1.29, 1.82) is 0 Å². The molecule has 10 heteroatoms. The highest BCUT2D eigenvalue weighted by atomic mass is 32.1. The van der Waals surface area contributed by atoms with Crippen LogP contribution in [-0.2, 0) is 19.2 Å². The monoisotopic (exact) mass is 404 g/mol. The summed E-state index contributed by atoms with van der Waals surface area (Å²) in [7, 11) is 0. The summed E-state index contributed by atoms with van der Waals surface area (Å²) in [5.74, 6) is -3.21. The normalized spacial score (nSPS) is 16.6. The minimum Gasteiger partial charge on any atom is -0.480 e. The number of nitrogens with one attached hydrogen (secondary N) is 3. The molecule has 0 aliphatic heterocycles. The zero-order valence-electron chi connectivity index (χ0n) is 16.5. The average Bonchev–Trinajstić information content (AvgIpc) is 2.61. The second-order valence-electron chi connectivity index (χ2n) is 6.95. The summed E-state index contributed by atoms with van der Waals surface area (Å²) < 4.78 is 0. The van der Waals surface area contributed by atoms with Crippen LogP contribution in [0.1, 0.15) is 41.0 Å². The maximum absolute atomic E-state index is 12.6. The molecular weight excluding hydrogens is 372 g/mol. The van der Waals surface area contributed by atoms with Gasteiger partial charge in [0.15, 0.2) is 0 Å². The van der Waals surface area contributed by atoms with E-state index in [9.17, 15) is 19.2 Å². The third kappa shape index (κ3) is 8.17. The number of thiol groups is 1. The molecule has 0 radical (unpaired) electrons. The molecule has 0 aromatic rings. The molecule has 9 nitrogen and oxygen atoms in total. The van der Waals surface area contributed by atoms with E-state index in [0.717, 1.165) is 0 Å². The van der Waals surface area contributed by atoms with Gasteiger partial charge < -0.3 is 26.8 Å². The molecule has 5 atom stereocenters. The largest absolute Gasteiger partial charge is 0.480 e. The Morgan fingerprint density at radius 2 is 1.52 bits per heavy atom. The van der Waals surface area contributed by atoms with Crippen molar-refractivity contribution in [2.24, 2.45) is 17.6 Å². The third-order valence-electron chi connectivity index (χ3n) is 4.36. The van der Waals surface area contributed by atoms with Crippen LogP contribution < -0.4 is 21.7 Å². The predicted octanol–water partition coefficient (Wildman–Crippen LogP) is -0.495. The van der Waals surface area contributed by atoms with E-state index in [-0.39, 0.29) is 17.6 Å². The van der Waals surface area contributed by atoms with Crippen molar-refractivity contribution in [2.45, 2.75) is 65.2 Å². The molecule has 0 fully saturated rings. The topological polar surface area (TPSA) is 151 Å². The number of carbonyl (C=O) groups excluding carboxylic acids is 3. The number of carboxylic acid groups (broad SMARTS) is 1. The van der Waals surface area contributed by atoms with Crippen molar-refractivity contribution in [1.82, 2.24) is 16.0 Å². The molecule has 0 rings (SSSR count). The van der Waals surface area contributed by atoms with Crippen molar-refractivity contribution in [3.8, 4) is 0 Å². The highest BCUT2D eigenvalue weighted by Gasteiger charge is 2.31. The van der Waals surface area contributed by atoms with Crippen LogP contribution in [0.3, 0.4) is 0 Å². The number of carbonyl (C=O) groups is 4. The van der Waals surface area contributed by atoms with Crippen LogP contribution in [0.15, 0.2) is 0 Å². The molecule has 0 aromatic carbocycles. The van der Waals surface area contributed by atoms with E-state index < -0.39 is 47.9 Å². The lowest BCUT2D eigenvalue weighted by Gasteiger charge is -2.27. The number of hydrogen-bond donors (Lipinski definition) is 6. The summed E-state index contributed by atoms with van der Waals surface area (Å²) >= 11 is 3.87. The van der Waals surface area contributed by atoms with E-state index in [1.54, 1.807) is 20.8 Å². The van der Waals surface area contributed by atoms with Gasteiger partial charge in [0, 0.05) is 5.75 Å². The van der Waals surface area contributed by atoms with Gasteiger partial charge in [-0.2, -0.15) is 12.6 Å². The lowest BCUT2D eigenvalue weighted by molar-refractivity contribution is -0.141. The lowest BCUT2D eigenvalue weighted by Crippen LogP contribution is -2.58. The van der Waals surface area contributed by atoms with E-state index in [2.05, 4.69) is 28.6 Å². The van der Waals surface area contributed by atoms with Crippen LogP contribution in [0.4, 0.5) is 0 Å². The standard InChI is InChI=1S/C17H32N4O5S/c1-6-9(4)13(21-15(23)12(18)8(2)3)16(24)19-10(5)14(22)20-11(7-27)17(25)26/h8-13,27H,6-7,18H2,1-5H3,(H,19,24)(H,20,22)(H,21,23)(H,25,26). The quantitative estimate of drug-likeness (QED) is 0.256. The van der Waals surface area contributed by atoms with Crippen molar-refractivity contribution < 1.29 is 24.3 Å². The summed E-state index contributed by atoms with van der Waals surface area (Å²) in [5, 5.41) is 16.4. The van der Waals surface area contributed by atoms with Crippen LogP contribution in [0.25, 0.3) is 0 Å². The molecule has 0 aliphatic rings. The van der Waals surface area contributed by atoms with Gasteiger partial charge in [-0.25, -0.2) is 4.79 Å². The lowest BCUT2D eigenvalue weighted by atomic mass is 9.96. The fourth-order valence-corrected chi connectivity index (χ4v) is 2.35. The van der Waals surface area contributed by atoms with Crippen molar-refractivity contribution in [2.75, 3.05) is 5.75 Å². The van der Waals surface area contributed by atoms with E-state index in [0.29, 0.717) is 6.42 Å². The van der Waals surface area contributed by atoms with Gasteiger partial charge in [0.1, 0.15) is 18.1 Å². The third-order valence-corrected chi connectivity index (χ3v) is 4.73. The maximum atomic E-state index is 12.6. The van der Waals surface area contributed by atoms with E-state index in [1.165, 1.54) is 6.92 Å². The Morgan fingerprint density at radius 1 is 0.963 bits per heavy atom. The van der Waals surface area contributed by atoms with E-state index in [1.807, 2.05) is 6.92 Å². The van der Waals surface area contributed by atoms with Gasteiger partial charge in [-0.05, 0) is 18.8 Å². The Balaban J connectivity index is 5.06. The highest BCUT2D eigenvalue weighted by Crippen LogP contribution is 2.10. The summed E-state index contributed by atoms with van der Waals surface area (Å²) in [4.78, 5) is 47.9. The fourth-order valence-electron chi connectivity index (χ4n) is 2.11. The van der Waals surface area contributed by atoms with Gasteiger partial charge in [-0.3, -0.25) is 14.4 Å². The Bertz CT molecular complexity index is 543. The Hall–Kier alpha value is -1.81. The van der Waals surface area contributed by atoms with Crippen LogP contribution in [0, 0.1) is 11.8 Å². The SMILES string of the molecule is CCC(C)C(NC(=O)C(N)C(C)C)C(=O)NC(C)C(=O)NC(CS)C(=O)O. The molecule has 156 valence electrons. The van der Waals surface area contributed by atoms with Crippen molar-refractivity contribution >= 4 is 36.3 Å². The first-order chi connectivity index (χ1) is 12.5. The van der Waals surface area contributed by atoms with Gasteiger partial charge >= 0.3 is 5.97 Å². The van der Waals surface area contributed by atoms with Crippen LogP contribution in [0.2, 0.25) is 0 Å². The highest BCUT2D eigenvalue weighted by molar-refractivity contribution is 7.80. The van der Waals surface area contributed by atoms with E-state index >= 15 is 0 Å². The summed E-state index contributed by atoms with van der Waals surface area (Å²) in [6.07, 6.45) is 0.622. The molecule has 0 spiro atoms. The number of carboxylic acids is 1. The number of aliphatic carboxylic acids is 1. The molecule has 5 unspecified atom stereocenters. The molecule has 6 N–H and O–H groups in total.